The second kappa shape index (κ2) is 8.75. The molecule has 0 aliphatic carbocycles. The van der Waals surface area contributed by atoms with E-state index in [4.69, 9.17) is 14.6 Å². The first-order valence-electron chi connectivity index (χ1n) is 9.84. The molecule has 0 aliphatic rings. The van der Waals surface area contributed by atoms with E-state index < -0.39 is 0 Å². The Hall–Kier alpha value is -4.06. The number of carbonyl (C=O) groups excluding carboxylic acids is 1. The summed E-state index contributed by atoms with van der Waals surface area (Å²) in [6.07, 6.45) is 1.74. The summed E-state index contributed by atoms with van der Waals surface area (Å²) in [6, 6.07) is 22.8. The molecule has 0 aliphatic heterocycles. The maximum absolute atomic E-state index is 13.2. The van der Waals surface area contributed by atoms with Crippen LogP contribution in [0.15, 0.2) is 79.0 Å². The number of hydrogen-bond acceptors (Lipinski definition) is 4. The molecule has 1 aromatic heterocycles. The molecule has 0 saturated carbocycles. The average molecular weight is 413 g/mol. The summed E-state index contributed by atoms with van der Waals surface area (Å²) in [4.78, 5) is 13.2. The van der Waals surface area contributed by atoms with Crippen molar-refractivity contribution in [2.24, 2.45) is 0 Å². The van der Waals surface area contributed by atoms with Gasteiger partial charge in [0.15, 0.2) is 11.5 Å². The molecular weight excluding hydrogens is 390 g/mol. The average Bonchev–Trinajstić information content (AvgIpc) is 3.26. The first-order valence-corrected chi connectivity index (χ1v) is 9.84. The Bertz CT molecular complexity index is 1200. The summed E-state index contributed by atoms with van der Waals surface area (Å²) in [5, 5.41) is 7.68. The summed E-state index contributed by atoms with van der Waals surface area (Å²) in [5.74, 6) is 0.939. The van der Waals surface area contributed by atoms with Crippen molar-refractivity contribution >= 4 is 11.6 Å². The molecule has 0 spiro atoms. The number of nitrogens with zero attached hydrogens (tertiary/aromatic N) is 2. The molecule has 156 valence electrons. The number of hydrogen-bond donors (Lipinski definition) is 1. The van der Waals surface area contributed by atoms with E-state index in [-0.39, 0.29) is 5.91 Å². The zero-order valence-corrected chi connectivity index (χ0v) is 17.6. The van der Waals surface area contributed by atoms with Gasteiger partial charge in [-0.3, -0.25) is 4.79 Å². The standard InChI is InChI=1S/C25H23N3O3/c1-17-9-12-19(13-10-17)26-25(29)21-16-28(20-7-5-4-6-8-20)27-24(21)18-11-14-22(30-2)23(15-18)31-3/h4-16H,1-3H3,(H,26,29). The molecule has 4 rings (SSSR count). The number of ether oxygens (including phenoxy) is 2. The quantitative estimate of drug-likeness (QED) is 0.477. The molecule has 0 radical (unpaired) electrons. The van der Waals surface area contributed by atoms with Crippen LogP contribution in [0.5, 0.6) is 11.5 Å². The molecule has 3 aromatic carbocycles. The molecule has 4 aromatic rings. The maximum atomic E-state index is 13.2. The lowest BCUT2D eigenvalue weighted by molar-refractivity contribution is 0.102. The van der Waals surface area contributed by atoms with Gasteiger partial charge in [0.05, 0.1) is 25.5 Å². The van der Waals surface area contributed by atoms with Gasteiger partial charge >= 0.3 is 0 Å². The van der Waals surface area contributed by atoms with Crippen LogP contribution in [-0.2, 0) is 0 Å². The van der Waals surface area contributed by atoms with Gasteiger partial charge in [-0.15, -0.1) is 0 Å². The van der Waals surface area contributed by atoms with Crippen LogP contribution < -0.4 is 14.8 Å². The molecule has 0 bridgehead atoms. The van der Waals surface area contributed by atoms with Crippen LogP contribution >= 0.6 is 0 Å². The fourth-order valence-corrected chi connectivity index (χ4v) is 3.29. The molecule has 0 saturated heterocycles. The molecule has 6 nitrogen and oxygen atoms in total. The number of rotatable bonds is 6. The molecule has 1 N–H and O–H groups in total. The number of nitrogens with one attached hydrogen (secondary N) is 1. The number of aryl methyl sites for hydroxylation is 1. The largest absolute Gasteiger partial charge is 0.493 e. The molecule has 1 heterocycles. The number of anilines is 1. The highest BCUT2D eigenvalue weighted by molar-refractivity contribution is 6.08. The zero-order valence-electron chi connectivity index (χ0n) is 17.6. The summed E-state index contributed by atoms with van der Waals surface area (Å²) in [6.45, 7) is 2.00. The highest BCUT2D eigenvalue weighted by atomic mass is 16.5. The normalized spacial score (nSPS) is 10.5. The van der Waals surface area contributed by atoms with E-state index in [1.807, 2.05) is 73.7 Å². The second-order valence-corrected chi connectivity index (χ2v) is 7.06. The van der Waals surface area contributed by atoms with Crippen LogP contribution in [0, 0.1) is 6.92 Å². The number of benzene rings is 3. The third-order valence-electron chi connectivity index (χ3n) is 4.95. The summed E-state index contributed by atoms with van der Waals surface area (Å²) in [5.41, 5.74) is 4.47. The summed E-state index contributed by atoms with van der Waals surface area (Å²) in [7, 11) is 3.16. The first kappa shape index (κ1) is 20.2. The Morgan fingerprint density at radius 2 is 1.61 bits per heavy atom. The fourth-order valence-electron chi connectivity index (χ4n) is 3.29. The first-order chi connectivity index (χ1) is 15.1. The number of amides is 1. The number of methoxy groups -OCH3 is 2. The van der Waals surface area contributed by atoms with Crippen molar-refractivity contribution < 1.29 is 14.3 Å². The molecule has 0 atom stereocenters. The Morgan fingerprint density at radius 1 is 0.903 bits per heavy atom. The predicted molar refractivity (Wildman–Crippen MR) is 121 cm³/mol. The summed E-state index contributed by atoms with van der Waals surface area (Å²) >= 11 is 0. The fraction of sp³-hybridized carbons (Fsp3) is 0.120. The second-order valence-electron chi connectivity index (χ2n) is 7.06. The van der Waals surface area contributed by atoms with Crippen molar-refractivity contribution in [1.29, 1.82) is 0 Å². The SMILES string of the molecule is COc1ccc(-c2nn(-c3ccccc3)cc2C(=O)Nc2ccc(C)cc2)cc1OC. The van der Waals surface area contributed by atoms with Crippen molar-refractivity contribution in [3.05, 3.63) is 90.1 Å². The van der Waals surface area contributed by atoms with Crippen molar-refractivity contribution in [2.45, 2.75) is 6.92 Å². The van der Waals surface area contributed by atoms with Crippen LogP contribution in [0.25, 0.3) is 16.9 Å². The van der Waals surface area contributed by atoms with E-state index in [2.05, 4.69) is 5.32 Å². The molecular formula is C25H23N3O3. The van der Waals surface area contributed by atoms with Crippen LogP contribution in [0.2, 0.25) is 0 Å². The Kier molecular flexibility index (Phi) is 5.71. The smallest absolute Gasteiger partial charge is 0.259 e. The van der Waals surface area contributed by atoms with Crippen molar-refractivity contribution in [1.82, 2.24) is 9.78 Å². The number of carbonyl (C=O) groups is 1. The van der Waals surface area contributed by atoms with Crippen LogP contribution in [-0.4, -0.2) is 29.9 Å². The van der Waals surface area contributed by atoms with Gasteiger partial charge in [0.25, 0.3) is 5.91 Å². The van der Waals surface area contributed by atoms with Gasteiger partial charge in [-0.25, -0.2) is 4.68 Å². The number of aromatic nitrogens is 2. The minimum atomic E-state index is -0.240. The van der Waals surface area contributed by atoms with Crippen LogP contribution in [0.3, 0.4) is 0 Å². The molecule has 0 fully saturated rings. The molecule has 6 heteroatoms. The van der Waals surface area contributed by atoms with E-state index in [0.29, 0.717) is 22.8 Å². The van der Waals surface area contributed by atoms with E-state index in [1.54, 1.807) is 31.2 Å². The van der Waals surface area contributed by atoms with Gasteiger partial charge < -0.3 is 14.8 Å². The van der Waals surface area contributed by atoms with Crippen molar-refractivity contribution in [3.63, 3.8) is 0 Å². The van der Waals surface area contributed by atoms with E-state index >= 15 is 0 Å². The van der Waals surface area contributed by atoms with Crippen LogP contribution in [0.1, 0.15) is 15.9 Å². The molecule has 0 unspecified atom stereocenters. The van der Waals surface area contributed by atoms with Gasteiger partial charge in [0, 0.05) is 17.4 Å². The monoisotopic (exact) mass is 413 g/mol. The third-order valence-corrected chi connectivity index (χ3v) is 4.95. The van der Waals surface area contributed by atoms with Crippen molar-refractivity contribution in [2.75, 3.05) is 19.5 Å². The van der Waals surface area contributed by atoms with E-state index in [0.717, 1.165) is 22.5 Å². The minimum Gasteiger partial charge on any atom is -0.493 e. The minimum absolute atomic E-state index is 0.240. The van der Waals surface area contributed by atoms with Gasteiger partial charge in [-0.05, 0) is 49.4 Å². The third kappa shape index (κ3) is 4.28. The highest BCUT2D eigenvalue weighted by Gasteiger charge is 2.20. The van der Waals surface area contributed by atoms with Crippen molar-refractivity contribution in [3.8, 4) is 28.4 Å². The van der Waals surface area contributed by atoms with Gasteiger partial charge in [0.2, 0.25) is 0 Å². The lowest BCUT2D eigenvalue weighted by Gasteiger charge is -2.10. The molecule has 31 heavy (non-hydrogen) atoms. The maximum Gasteiger partial charge on any atom is 0.259 e. The van der Waals surface area contributed by atoms with Gasteiger partial charge in [-0.1, -0.05) is 35.9 Å². The zero-order chi connectivity index (χ0) is 21.8. The van der Waals surface area contributed by atoms with Gasteiger partial charge in [-0.2, -0.15) is 5.10 Å². The van der Waals surface area contributed by atoms with Crippen LogP contribution in [0.4, 0.5) is 5.69 Å². The number of para-hydroxylation sites is 1. The lowest BCUT2D eigenvalue weighted by atomic mass is 10.1. The topological polar surface area (TPSA) is 65.4 Å². The summed E-state index contributed by atoms with van der Waals surface area (Å²) < 4.78 is 12.5. The van der Waals surface area contributed by atoms with E-state index in [9.17, 15) is 4.79 Å². The lowest BCUT2D eigenvalue weighted by Crippen LogP contribution is -2.12. The van der Waals surface area contributed by atoms with Gasteiger partial charge in [0.1, 0.15) is 5.69 Å². The highest BCUT2D eigenvalue weighted by Crippen LogP contribution is 2.33. The predicted octanol–water partition coefficient (Wildman–Crippen LogP) is 5.12. The Labute approximate surface area is 181 Å². The Morgan fingerprint density at radius 3 is 2.29 bits per heavy atom. The molecule has 1 amide bonds. The Balaban J connectivity index is 1.78. The van der Waals surface area contributed by atoms with E-state index in [1.165, 1.54) is 0 Å².